The van der Waals surface area contributed by atoms with E-state index in [-0.39, 0.29) is 24.6 Å². The Labute approximate surface area is 158 Å². The van der Waals surface area contributed by atoms with Gasteiger partial charge in [0.15, 0.2) is 0 Å². The molecule has 3 N–H and O–H groups in total. The summed E-state index contributed by atoms with van der Waals surface area (Å²) in [5.41, 5.74) is 9.28. The largest absolute Gasteiger partial charge is 0.362 e. The minimum absolute atomic E-state index is 0.0911. The number of hydrogen-bond acceptors (Lipinski definition) is 4. The minimum atomic E-state index is -0.300. The van der Waals surface area contributed by atoms with Crippen LogP contribution in [0.25, 0.3) is 16.6 Å². The molecule has 2 aromatic carbocycles. The fraction of sp³-hybridized carbons (Fsp3) is 0.381. The van der Waals surface area contributed by atoms with Gasteiger partial charge in [-0.1, -0.05) is 19.1 Å². The summed E-state index contributed by atoms with van der Waals surface area (Å²) in [6.45, 7) is 4.74. The maximum Gasteiger partial charge on any atom is 0.124 e. The van der Waals surface area contributed by atoms with Crippen LogP contribution in [-0.2, 0) is 16.8 Å². The number of nitrogens with one attached hydrogen (secondary N) is 1. The summed E-state index contributed by atoms with van der Waals surface area (Å²) in [6, 6.07) is 11.5. The normalized spacial score (nSPS) is 20.3. The molecular formula is C21H25FN4O. The van der Waals surface area contributed by atoms with Crippen molar-refractivity contribution in [3.63, 3.8) is 0 Å². The Kier molecular flexibility index (Phi) is 4.95. The predicted octanol–water partition coefficient (Wildman–Crippen LogP) is 3.24. The molecule has 2 heterocycles. The molecule has 0 saturated carbocycles. The molecule has 1 aromatic heterocycles. The predicted molar refractivity (Wildman–Crippen MR) is 104 cm³/mol. The zero-order chi connectivity index (χ0) is 18.9. The Morgan fingerprint density at radius 1 is 1.30 bits per heavy atom. The van der Waals surface area contributed by atoms with Crippen LogP contribution in [-0.4, -0.2) is 29.6 Å². The van der Waals surface area contributed by atoms with Gasteiger partial charge in [0.1, 0.15) is 5.82 Å². The van der Waals surface area contributed by atoms with Gasteiger partial charge in [0, 0.05) is 29.1 Å². The number of hydrogen-bond donors (Lipinski definition) is 2. The van der Waals surface area contributed by atoms with Crippen molar-refractivity contribution in [2.75, 3.05) is 19.8 Å². The van der Waals surface area contributed by atoms with Crippen molar-refractivity contribution in [1.29, 1.82) is 0 Å². The molecule has 0 radical (unpaired) electrons. The lowest BCUT2D eigenvalue weighted by Crippen LogP contribution is -2.41. The average Bonchev–Trinajstić information content (AvgIpc) is 3.11. The number of piperidine rings is 1. The van der Waals surface area contributed by atoms with Crippen molar-refractivity contribution in [1.82, 2.24) is 15.1 Å². The van der Waals surface area contributed by atoms with Crippen molar-refractivity contribution >= 4 is 10.9 Å². The van der Waals surface area contributed by atoms with Crippen LogP contribution in [0.4, 0.5) is 4.39 Å². The number of fused-ring (bicyclic) bond motifs is 1. The SMILES string of the molecule is CC1(c2ccc(-n3cc4cc(F)cc(COCN)c4n3)cc2)CCCNC1. The van der Waals surface area contributed by atoms with E-state index in [1.165, 1.54) is 30.5 Å². The molecule has 1 unspecified atom stereocenters. The number of nitrogens with two attached hydrogens (primary N) is 1. The van der Waals surface area contributed by atoms with E-state index < -0.39 is 0 Å². The molecule has 5 nitrogen and oxygen atoms in total. The number of halogens is 1. The van der Waals surface area contributed by atoms with Crippen LogP contribution >= 0.6 is 0 Å². The molecule has 0 aliphatic carbocycles. The maximum atomic E-state index is 13.9. The third-order valence-corrected chi connectivity index (χ3v) is 5.45. The van der Waals surface area contributed by atoms with E-state index in [4.69, 9.17) is 10.5 Å². The Bertz CT molecular complexity index is 929. The van der Waals surface area contributed by atoms with Crippen LogP contribution in [0.2, 0.25) is 0 Å². The van der Waals surface area contributed by atoms with E-state index in [0.29, 0.717) is 5.56 Å². The monoisotopic (exact) mass is 368 g/mol. The number of benzene rings is 2. The third-order valence-electron chi connectivity index (χ3n) is 5.45. The number of ether oxygens (including phenoxy) is 1. The molecule has 0 bridgehead atoms. The molecule has 27 heavy (non-hydrogen) atoms. The van der Waals surface area contributed by atoms with Crippen molar-refractivity contribution < 1.29 is 9.13 Å². The van der Waals surface area contributed by atoms with Crippen molar-refractivity contribution in [2.24, 2.45) is 5.73 Å². The summed E-state index contributed by atoms with van der Waals surface area (Å²) in [5, 5.41) is 8.89. The Hall–Kier alpha value is -2.28. The van der Waals surface area contributed by atoms with Gasteiger partial charge in [-0.2, -0.15) is 5.10 Å². The first-order chi connectivity index (χ1) is 13.1. The van der Waals surface area contributed by atoms with Crippen LogP contribution < -0.4 is 11.1 Å². The van der Waals surface area contributed by atoms with Gasteiger partial charge in [-0.3, -0.25) is 0 Å². The second-order valence-corrected chi connectivity index (χ2v) is 7.48. The summed E-state index contributed by atoms with van der Waals surface area (Å²) in [6.07, 6.45) is 4.24. The van der Waals surface area contributed by atoms with Gasteiger partial charge in [0.25, 0.3) is 0 Å². The number of aromatic nitrogens is 2. The smallest absolute Gasteiger partial charge is 0.124 e. The summed E-state index contributed by atoms with van der Waals surface area (Å²) in [7, 11) is 0. The maximum absolute atomic E-state index is 13.9. The standard InChI is InChI=1S/C21H25FN4O/c1-21(7-2-8-24-13-21)17-3-5-19(6-4-17)26-11-15-9-18(22)10-16(12-27-14-23)20(15)25-26/h3-6,9-11,24H,2,7-8,12-14,23H2,1H3. The molecule has 0 spiro atoms. The molecular weight excluding hydrogens is 343 g/mol. The molecule has 3 aromatic rings. The summed E-state index contributed by atoms with van der Waals surface area (Å²) in [5.74, 6) is -0.300. The highest BCUT2D eigenvalue weighted by molar-refractivity contribution is 5.82. The van der Waals surface area contributed by atoms with Crippen LogP contribution in [0.3, 0.4) is 0 Å². The first-order valence-corrected chi connectivity index (χ1v) is 9.36. The summed E-state index contributed by atoms with van der Waals surface area (Å²) >= 11 is 0. The molecule has 1 fully saturated rings. The van der Waals surface area contributed by atoms with Crippen LogP contribution in [0.1, 0.15) is 30.9 Å². The Balaban J connectivity index is 1.66. The van der Waals surface area contributed by atoms with Crippen molar-refractivity contribution in [3.8, 4) is 5.69 Å². The van der Waals surface area contributed by atoms with Crippen molar-refractivity contribution in [3.05, 3.63) is 59.5 Å². The Morgan fingerprint density at radius 2 is 2.11 bits per heavy atom. The van der Waals surface area contributed by atoms with Gasteiger partial charge >= 0.3 is 0 Å². The molecule has 6 heteroatoms. The topological polar surface area (TPSA) is 65.1 Å². The molecule has 1 saturated heterocycles. The van der Waals surface area contributed by atoms with Gasteiger partial charge in [0.2, 0.25) is 0 Å². The van der Waals surface area contributed by atoms with Gasteiger partial charge in [-0.05, 0) is 49.2 Å². The van der Waals surface area contributed by atoms with E-state index in [1.54, 1.807) is 4.68 Å². The van der Waals surface area contributed by atoms with Gasteiger partial charge in [-0.25, -0.2) is 9.07 Å². The van der Waals surface area contributed by atoms with Crippen molar-refractivity contribution in [2.45, 2.75) is 31.8 Å². The molecule has 142 valence electrons. The minimum Gasteiger partial charge on any atom is -0.362 e. The molecule has 4 rings (SSSR count). The lowest BCUT2D eigenvalue weighted by Gasteiger charge is -2.34. The second kappa shape index (κ2) is 7.38. The first kappa shape index (κ1) is 18.1. The third kappa shape index (κ3) is 3.60. The van der Waals surface area contributed by atoms with Gasteiger partial charge in [-0.15, -0.1) is 0 Å². The number of rotatable bonds is 5. The second-order valence-electron chi connectivity index (χ2n) is 7.48. The van der Waals surface area contributed by atoms with Gasteiger partial charge in [0.05, 0.1) is 24.5 Å². The highest BCUT2D eigenvalue weighted by Gasteiger charge is 2.28. The quantitative estimate of drug-likeness (QED) is 0.679. The van der Waals surface area contributed by atoms with E-state index in [9.17, 15) is 4.39 Å². The highest BCUT2D eigenvalue weighted by Crippen LogP contribution is 2.31. The zero-order valence-electron chi connectivity index (χ0n) is 15.5. The fourth-order valence-corrected chi connectivity index (χ4v) is 3.90. The molecule has 1 atom stereocenters. The molecule has 0 amide bonds. The molecule has 1 aliphatic heterocycles. The average molecular weight is 368 g/mol. The zero-order valence-corrected chi connectivity index (χ0v) is 15.5. The first-order valence-electron chi connectivity index (χ1n) is 9.36. The van der Waals surface area contributed by atoms with Gasteiger partial charge < -0.3 is 15.8 Å². The fourth-order valence-electron chi connectivity index (χ4n) is 3.90. The lowest BCUT2D eigenvalue weighted by atomic mass is 9.76. The highest BCUT2D eigenvalue weighted by atomic mass is 19.1. The Morgan fingerprint density at radius 3 is 2.81 bits per heavy atom. The van der Waals surface area contributed by atoms with E-state index in [0.717, 1.165) is 29.7 Å². The summed E-state index contributed by atoms with van der Waals surface area (Å²) < 4.78 is 20.9. The lowest BCUT2D eigenvalue weighted by molar-refractivity contribution is 0.128. The van der Waals surface area contributed by atoms with E-state index >= 15 is 0 Å². The molecule has 1 aliphatic rings. The van der Waals surface area contributed by atoms with Crippen LogP contribution in [0.5, 0.6) is 0 Å². The van der Waals surface area contributed by atoms with Crippen LogP contribution in [0, 0.1) is 5.82 Å². The van der Waals surface area contributed by atoms with E-state index in [1.807, 2.05) is 6.20 Å². The summed E-state index contributed by atoms with van der Waals surface area (Å²) in [4.78, 5) is 0. The number of nitrogens with zero attached hydrogens (tertiary/aromatic N) is 2. The van der Waals surface area contributed by atoms with E-state index in [2.05, 4.69) is 41.6 Å². The van der Waals surface area contributed by atoms with Crippen LogP contribution in [0.15, 0.2) is 42.6 Å².